The molecule has 0 atom stereocenters. The molecule has 1 heterocycles. The Morgan fingerprint density at radius 2 is 2.33 bits per heavy atom. The number of halogens is 1. The van der Waals surface area contributed by atoms with Gasteiger partial charge in [0.25, 0.3) is 0 Å². The van der Waals surface area contributed by atoms with Crippen LogP contribution in [0.1, 0.15) is 6.42 Å². The first-order valence-corrected chi connectivity index (χ1v) is 3.76. The number of imidazole rings is 1. The Labute approximate surface area is 83.3 Å². The Morgan fingerprint density at radius 3 is 2.83 bits per heavy atom. The summed E-state index contributed by atoms with van der Waals surface area (Å²) in [6, 6.07) is 0. The summed E-state index contributed by atoms with van der Waals surface area (Å²) in [7, 11) is 0. The number of aryl methyl sites for hydroxylation is 1. The zero-order valence-corrected chi connectivity index (χ0v) is 8.57. The summed E-state index contributed by atoms with van der Waals surface area (Å²) >= 11 is 0. The molecule has 4 heteroatoms. The molecule has 3 nitrogen and oxygen atoms in total. The van der Waals surface area contributed by atoms with E-state index in [0.717, 1.165) is 19.5 Å². The molecule has 0 amide bonds. The van der Waals surface area contributed by atoms with Crippen molar-refractivity contribution in [2.45, 2.75) is 13.0 Å². The van der Waals surface area contributed by atoms with Crippen molar-refractivity contribution in [1.82, 2.24) is 4.57 Å². The molecule has 0 aromatic carbocycles. The lowest BCUT2D eigenvalue weighted by Gasteiger charge is -1.90. The van der Waals surface area contributed by atoms with Crippen molar-refractivity contribution < 1.29 is 21.5 Å². The summed E-state index contributed by atoms with van der Waals surface area (Å²) in [4.78, 5) is 0. The van der Waals surface area contributed by atoms with Gasteiger partial charge < -0.3 is 22.7 Å². The van der Waals surface area contributed by atoms with Crippen LogP contribution in [-0.4, -0.2) is 11.1 Å². The van der Waals surface area contributed by atoms with Crippen LogP contribution < -0.4 is 27.3 Å². The lowest BCUT2D eigenvalue weighted by atomic mass is 10.4. The maximum Gasteiger partial charge on any atom is 0.248 e. The molecule has 0 fully saturated rings. The van der Waals surface area contributed by atoms with E-state index in [1.807, 2.05) is 23.3 Å². The molecule has 0 radical (unpaired) electrons. The highest BCUT2D eigenvalue weighted by Crippen LogP contribution is 1.83. The van der Waals surface area contributed by atoms with Crippen LogP contribution in [0.5, 0.6) is 0 Å². The third-order valence-electron chi connectivity index (χ3n) is 1.54. The molecule has 1 aromatic heterocycles. The summed E-state index contributed by atoms with van der Waals surface area (Å²) in [6.45, 7) is 5.38. The number of nitrogens with zero attached hydrogens (tertiary/aromatic N) is 2. The van der Waals surface area contributed by atoms with Gasteiger partial charge in [0.2, 0.25) is 6.33 Å². The average molecular weight is 232 g/mol. The third kappa shape index (κ3) is 3.19. The van der Waals surface area contributed by atoms with Crippen LogP contribution in [0.15, 0.2) is 25.3 Å². The monoisotopic (exact) mass is 231 g/mol. The van der Waals surface area contributed by atoms with Crippen LogP contribution in [-0.2, 0) is 6.54 Å². The van der Waals surface area contributed by atoms with Crippen LogP contribution in [0.2, 0.25) is 0 Å². The van der Waals surface area contributed by atoms with Gasteiger partial charge in [-0.05, 0) is 13.0 Å². The van der Waals surface area contributed by atoms with Gasteiger partial charge in [0.1, 0.15) is 12.4 Å². The number of hydrogen-bond acceptors (Lipinski definition) is 1. The number of hydrogen-bond donors (Lipinski definition) is 1. The van der Waals surface area contributed by atoms with Crippen molar-refractivity contribution >= 4 is 6.20 Å². The maximum absolute atomic E-state index is 5.38. The minimum absolute atomic E-state index is 0. The lowest BCUT2D eigenvalue weighted by molar-refractivity contribution is -0.696. The molecule has 0 saturated heterocycles. The fourth-order valence-corrected chi connectivity index (χ4v) is 0.925. The summed E-state index contributed by atoms with van der Waals surface area (Å²) in [6.07, 6.45) is 8.74. The van der Waals surface area contributed by atoms with E-state index in [-0.39, 0.29) is 17.0 Å². The minimum atomic E-state index is 0. The summed E-state index contributed by atoms with van der Waals surface area (Å²) in [5.74, 6) is 0. The largest absolute Gasteiger partial charge is 1.00 e. The van der Waals surface area contributed by atoms with Gasteiger partial charge >= 0.3 is 0 Å². The molecule has 0 bridgehead atoms. The second-order valence-electron chi connectivity index (χ2n) is 2.42. The van der Waals surface area contributed by atoms with Gasteiger partial charge in [0, 0.05) is 0 Å². The first kappa shape index (κ1) is 11.4. The highest BCUT2D eigenvalue weighted by molar-refractivity contribution is 5.12. The SMILES string of the molecule is C=Cn1cc[n+](CCCN)c1.[Br-]. The Kier molecular flexibility index (Phi) is 5.66. The first-order valence-electron chi connectivity index (χ1n) is 3.76. The molecule has 2 N–H and O–H groups in total. The number of aromatic nitrogens is 2. The molecule has 0 aliphatic rings. The van der Waals surface area contributed by atoms with Crippen molar-refractivity contribution in [3.63, 3.8) is 0 Å². The van der Waals surface area contributed by atoms with Crippen LogP contribution in [0.4, 0.5) is 0 Å². The molecule has 0 aliphatic heterocycles. The summed E-state index contributed by atoms with van der Waals surface area (Å²) in [5.41, 5.74) is 5.38. The highest BCUT2D eigenvalue weighted by atomic mass is 79.9. The quantitative estimate of drug-likeness (QED) is 0.560. The van der Waals surface area contributed by atoms with Crippen LogP contribution >= 0.6 is 0 Å². The Bertz CT molecular complexity index is 232. The van der Waals surface area contributed by atoms with Gasteiger partial charge in [0.05, 0.1) is 12.7 Å². The van der Waals surface area contributed by atoms with E-state index in [4.69, 9.17) is 5.73 Å². The van der Waals surface area contributed by atoms with Gasteiger partial charge in [-0.15, -0.1) is 0 Å². The molecule has 1 aromatic rings. The van der Waals surface area contributed by atoms with Crippen molar-refractivity contribution in [2.24, 2.45) is 5.73 Å². The molecule has 68 valence electrons. The van der Waals surface area contributed by atoms with E-state index < -0.39 is 0 Å². The Balaban J connectivity index is 0.00000121. The first-order chi connectivity index (χ1) is 5.36. The fourth-order valence-electron chi connectivity index (χ4n) is 0.925. The fraction of sp³-hybridized carbons (Fsp3) is 0.375. The topological polar surface area (TPSA) is 34.8 Å². The molecule has 0 saturated carbocycles. The predicted molar refractivity (Wildman–Crippen MR) is 44.7 cm³/mol. The van der Waals surface area contributed by atoms with Crippen LogP contribution in [0.3, 0.4) is 0 Å². The van der Waals surface area contributed by atoms with Gasteiger partial charge in [0.15, 0.2) is 0 Å². The molecule has 1 rings (SSSR count). The van der Waals surface area contributed by atoms with Gasteiger partial charge in [-0.1, -0.05) is 6.58 Å². The molecule has 0 spiro atoms. The zero-order chi connectivity index (χ0) is 8.10. The molecule has 12 heavy (non-hydrogen) atoms. The lowest BCUT2D eigenvalue weighted by Crippen LogP contribution is -3.00. The Morgan fingerprint density at radius 1 is 1.58 bits per heavy atom. The second-order valence-corrected chi connectivity index (χ2v) is 2.42. The predicted octanol–water partition coefficient (Wildman–Crippen LogP) is -2.77. The van der Waals surface area contributed by atoms with E-state index in [1.165, 1.54) is 0 Å². The van der Waals surface area contributed by atoms with Gasteiger partial charge in [-0.3, -0.25) is 0 Å². The number of nitrogens with two attached hydrogens (primary N) is 1. The smallest absolute Gasteiger partial charge is 0.248 e. The van der Waals surface area contributed by atoms with Crippen molar-refractivity contribution in [3.05, 3.63) is 25.3 Å². The third-order valence-corrected chi connectivity index (χ3v) is 1.54. The van der Waals surface area contributed by atoms with E-state index in [1.54, 1.807) is 6.20 Å². The van der Waals surface area contributed by atoms with Crippen molar-refractivity contribution in [3.8, 4) is 0 Å². The average Bonchev–Trinajstić information content (AvgIpc) is 2.48. The summed E-state index contributed by atoms with van der Waals surface area (Å²) in [5, 5.41) is 0. The van der Waals surface area contributed by atoms with Crippen LogP contribution in [0.25, 0.3) is 6.20 Å². The normalized spacial score (nSPS) is 9.08. The van der Waals surface area contributed by atoms with E-state index >= 15 is 0 Å². The van der Waals surface area contributed by atoms with E-state index in [9.17, 15) is 0 Å². The van der Waals surface area contributed by atoms with Gasteiger partial charge in [-0.25, -0.2) is 9.13 Å². The van der Waals surface area contributed by atoms with E-state index in [0.29, 0.717) is 0 Å². The molecular weight excluding hydrogens is 218 g/mol. The minimum Gasteiger partial charge on any atom is -1.00 e. The molecule has 0 aliphatic carbocycles. The zero-order valence-electron chi connectivity index (χ0n) is 6.99. The van der Waals surface area contributed by atoms with Gasteiger partial charge in [-0.2, -0.15) is 0 Å². The van der Waals surface area contributed by atoms with Crippen LogP contribution in [0, 0.1) is 0 Å². The summed E-state index contributed by atoms with van der Waals surface area (Å²) < 4.78 is 4.01. The maximum atomic E-state index is 5.38. The molecular formula is C8H14BrN3. The van der Waals surface area contributed by atoms with Crippen molar-refractivity contribution in [1.29, 1.82) is 0 Å². The second kappa shape index (κ2) is 5.97. The van der Waals surface area contributed by atoms with E-state index in [2.05, 4.69) is 11.1 Å². The molecule has 0 unspecified atom stereocenters. The number of rotatable bonds is 4. The Hall–Kier alpha value is -0.610. The van der Waals surface area contributed by atoms with Crippen molar-refractivity contribution in [2.75, 3.05) is 6.54 Å². The standard InChI is InChI=1S/C8H14N3.BrH/c1-2-10-6-7-11(8-10)5-3-4-9;/h2,6-8H,1,3-5,9H2;1H/q+1;/p-1. The highest BCUT2D eigenvalue weighted by Gasteiger charge is 1.98.